The average molecular weight is 291 g/mol. The molecule has 0 amide bonds. The zero-order chi connectivity index (χ0) is 12.2. The van der Waals surface area contributed by atoms with Gasteiger partial charge in [-0.25, -0.2) is 0 Å². The van der Waals surface area contributed by atoms with E-state index < -0.39 is 17.4 Å². The summed E-state index contributed by atoms with van der Waals surface area (Å²) in [7, 11) is 0. The molecule has 1 rings (SSSR count). The van der Waals surface area contributed by atoms with Crippen LogP contribution in [0.3, 0.4) is 0 Å². The summed E-state index contributed by atoms with van der Waals surface area (Å²) in [4.78, 5) is 23.7. The Kier molecular flexibility index (Phi) is 4.53. The molecule has 0 fully saturated rings. The molecule has 0 aromatic carbocycles. The van der Waals surface area contributed by atoms with Gasteiger partial charge in [0.2, 0.25) is 0 Å². The van der Waals surface area contributed by atoms with Gasteiger partial charge in [0, 0.05) is 6.42 Å². The number of ether oxygens (including phenoxy) is 2. The number of hydrogen-bond donors (Lipinski definition) is 0. The lowest BCUT2D eigenvalue weighted by Crippen LogP contribution is -2.40. The Morgan fingerprint density at radius 2 is 1.81 bits per heavy atom. The predicted octanol–water partition coefficient (Wildman–Crippen LogP) is 2.17. The molecule has 0 saturated carbocycles. The standard InChI is InChI=1S/C11H15BrO4/c1-3-15-9(13)11(10(14)16-4-2)6-5-8(12)7-11/h5H,3-4,6-7H2,1-2H3. The van der Waals surface area contributed by atoms with Crippen LogP contribution in [0.2, 0.25) is 0 Å². The van der Waals surface area contributed by atoms with Crippen molar-refractivity contribution in [3.8, 4) is 0 Å². The van der Waals surface area contributed by atoms with E-state index in [9.17, 15) is 9.59 Å². The van der Waals surface area contributed by atoms with Gasteiger partial charge in [0.1, 0.15) is 0 Å². The number of carbonyl (C=O) groups excluding carboxylic acids is 2. The van der Waals surface area contributed by atoms with Gasteiger partial charge in [-0.3, -0.25) is 9.59 Å². The van der Waals surface area contributed by atoms with Gasteiger partial charge < -0.3 is 9.47 Å². The van der Waals surface area contributed by atoms with Crippen LogP contribution < -0.4 is 0 Å². The van der Waals surface area contributed by atoms with Gasteiger partial charge in [-0.05, 0) is 24.8 Å². The molecule has 0 atom stereocenters. The molecule has 0 aliphatic heterocycles. The second-order valence-corrected chi connectivity index (χ2v) is 4.57. The zero-order valence-corrected chi connectivity index (χ0v) is 11.0. The Hall–Kier alpha value is -0.840. The summed E-state index contributed by atoms with van der Waals surface area (Å²) in [5, 5.41) is 0. The molecule has 4 nitrogen and oxygen atoms in total. The van der Waals surface area contributed by atoms with Crippen LogP contribution in [0.1, 0.15) is 26.7 Å². The molecule has 0 bridgehead atoms. The van der Waals surface area contributed by atoms with Crippen LogP contribution in [-0.2, 0) is 19.1 Å². The van der Waals surface area contributed by atoms with Crippen LogP contribution in [0.15, 0.2) is 10.6 Å². The summed E-state index contributed by atoms with van der Waals surface area (Å²) in [6, 6.07) is 0. The highest BCUT2D eigenvalue weighted by atomic mass is 79.9. The average Bonchev–Trinajstić information content (AvgIpc) is 2.63. The maximum absolute atomic E-state index is 11.9. The molecule has 0 N–H and O–H groups in total. The molecule has 0 aromatic heterocycles. The van der Waals surface area contributed by atoms with E-state index in [1.54, 1.807) is 13.8 Å². The predicted molar refractivity (Wildman–Crippen MR) is 61.9 cm³/mol. The second kappa shape index (κ2) is 5.48. The molecule has 16 heavy (non-hydrogen) atoms. The molecular weight excluding hydrogens is 276 g/mol. The van der Waals surface area contributed by atoms with Crippen LogP contribution in [0, 0.1) is 5.41 Å². The Morgan fingerprint density at radius 3 is 2.12 bits per heavy atom. The van der Waals surface area contributed by atoms with E-state index in [0.29, 0.717) is 12.8 Å². The molecule has 0 radical (unpaired) electrons. The molecule has 90 valence electrons. The van der Waals surface area contributed by atoms with E-state index in [2.05, 4.69) is 15.9 Å². The van der Waals surface area contributed by atoms with E-state index in [4.69, 9.17) is 9.47 Å². The summed E-state index contributed by atoms with van der Waals surface area (Å²) in [5.41, 5.74) is -1.18. The van der Waals surface area contributed by atoms with Crippen molar-refractivity contribution in [3.05, 3.63) is 10.6 Å². The third kappa shape index (κ3) is 2.45. The number of carbonyl (C=O) groups is 2. The monoisotopic (exact) mass is 290 g/mol. The lowest BCUT2D eigenvalue weighted by atomic mass is 9.85. The van der Waals surface area contributed by atoms with Crippen molar-refractivity contribution in [2.24, 2.45) is 5.41 Å². The third-order valence-corrected chi connectivity index (χ3v) is 3.08. The summed E-state index contributed by atoms with van der Waals surface area (Å²) in [6.45, 7) is 3.96. The molecule has 1 aliphatic carbocycles. The fraction of sp³-hybridized carbons (Fsp3) is 0.636. The normalized spacial score (nSPS) is 17.8. The molecule has 0 unspecified atom stereocenters. The van der Waals surface area contributed by atoms with Crippen molar-refractivity contribution in [1.82, 2.24) is 0 Å². The van der Waals surface area contributed by atoms with Crippen molar-refractivity contribution in [3.63, 3.8) is 0 Å². The fourth-order valence-electron chi connectivity index (χ4n) is 1.65. The molecule has 0 heterocycles. The molecular formula is C11H15BrO4. The first-order valence-corrected chi connectivity index (χ1v) is 6.05. The van der Waals surface area contributed by atoms with Crippen LogP contribution in [0.4, 0.5) is 0 Å². The van der Waals surface area contributed by atoms with Crippen molar-refractivity contribution >= 4 is 27.9 Å². The largest absolute Gasteiger partial charge is 0.465 e. The Labute approximate surface area is 103 Å². The van der Waals surface area contributed by atoms with Crippen LogP contribution in [0.25, 0.3) is 0 Å². The Bertz CT molecular complexity index is 304. The minimum Gasteiger partial charge on any atom is -0.465 e. The van der Waals surface area contributed by atoms with Crippen molar-refractivity contribution in [2.45, 2.75) is 26.7 Å². The maximum atomic E-state index is 11.9. The Morgan fingerprint density at radius 1 is 1.31 bits per heavy atom. The SMILES string of the molecule is CCOC(=O)C1(C(=O)OCC)CC=C(Br)C1. The van der Waals surface area contributed by atoms with Gasteiger partial charge in [-0.15, -0.1) is 0 Å². The highest BCUT2D eigenvalue weighted by Crippen LogP contribution is 2.42. The van der Waals surface area contributed by atoms with Crippen LogP contribution in [-0.4, -0.2) is 25.2 Å². The quantitative estimate of drug-likeness (QED) is 0.588. The van der Waals surface area contributed by atoms with Gasteiger partial charge in [-0.1, -0.05) is 22.0 Å². The van der Waals surface area contributed by atoms with E-state index in [1.165, 1.54) is 0 Å². The smallest absolute Gasteiger partial charge is 0.324 e. The van der Waals surface area contributed by atoms with Gasteiger partial charge in [0.15, 0.2) is 5.41 Å². The van der Waals surface area contributed by atoms with E-state index in [1.807, 2.05) is 6.08 Å². The first-order chi connectivity index (χ1) is 7.56. The van der Waals surface area contributed by atoms with E-state index in [0.717, 1.165) is 4.48 Å². The summed E-state index contributed by atoms with van der Waals surface area (Å²) in [5.74, 6) is -1.00. The Balaban J connectivity index is 2.87. The van der Waals surface area contributed by atoms with Gasteiger partial charge in [0.05, 0.1) is 13.2 Å². The van der Waals surface area contributed by atoms with Gasteiger partial charge in [-0.2, -0.15) is 0 Å². The van der Waals surface area contributed by atoms with E-state index in [-0.39, 0.29) is 13.2 Å². The first kappa shape index (κ1) is 13.2. The lowest BCUT2D eigenvalue weighted by Gasteiger charge is -2.24. The van der Waals surface area contributed by atoms with Crippen LogP contribution in [0.5, 0.6) is 0 Å². The number of rotatable bonds is 4. The zero-order valence-electron chi connectivity index (χ0n) is 9.42. The highest BCUT2D eigenvalue weighted by Gasteiger charge is 2.50. The fourth-order valence-corrected chi connectivity index (χ4v) is 2.29. The first-order valence-electron chi connectivity index (χ1n) is 5.25. The van der Waals surface area contributed by atoms with Crippen molar-refractivity contribution in [2.75, 3.05) is 13.2 Å². The van der Waals surface area contributed by atoms with Crippen molar-refractivity contribution in [1.29, 1.82) is 0 Å². The second-order valence-electron chi connectivity index (χ2n) is 3.55. The summed E-state index contributed by atoms with van der Waals surface area (Å²) in [6.07, 6.45) is 2.48. The number of hydrogen-bond acceptors (Lipinski definition) is 4. The number of halogens is 1. The van der Waals surface area contributed by atoms with Gasteiger partial charge >= 0.3 is 11.9 Å². The maximum Gasteiger partial charge on any atom is 0.324 e. The molecule has 5 heteroatoms. The number of allylic oxidation sites excluding steroid dienone is 2. The highest BCUT2D eigenvalue weighted by molar-refractivity contribution is 9.11. The summed E-state index contributed by atoms with van der Waals surface area (Å²) >= 11 is 3.30. The minimum atomic E-state index is -1.18. The minimum absolute atomic E-state index is 0.262. The summed E-state index contributed by atoms with van der Waals surface area (Å²) < 4.78 is 10.7. The molecule has 0 saturated heterocycles. The number of esters is 2. The van der Waals surface area contributed by atoms with Crippen LogP contribution >= 0.6 is 15.9 Å². The lowest BCUT2D eigenvalue weighted by molar-refractivity contribution is -0.171. The van der Waals surface area contributed by atoms with Crippen molar-refractivity contribution < 1.29 is 19.1 Å². The topological polar surface area (TPSA) is 52.6 Å². The van der Waals surface area contributed by atoms with E-state index >= 15 is 0 Å². The third-order valence-electron chi connectivity index (χ3n) is 2.48. The molecule has 0 aromatic rings. The molecule has 0 spiro atoms. The molecule has 1 aliphatic rings. The van der Waals surface area contributed by atoms with Gasteiger partial charge in [0.25, 0.3) is 0 Å².